The molecule has 0 aliphatic rings. The van der Waals surface area contributed by atoms with E-state index >= 15 is 0 Å². The van der Waals surface area contributed by atoms with Crippen LogP contribution in [0.2, 0.25) is 0 Å². The number of fused-ring (bicyclic) bond motifs is 1. The molecule has 0 bridgehead atoms. The maximum atomic E-state index is 8.92. The van der Waals surface area contributed by atoms with Crippen molar-refractivity contribution in [3.63, 3.8) is 0 Å². The molecule has 0 saturated carbocycles. The molecule has 0 radical (unpaired) electrons. The van der Waals surface area contributed by atoms with Crippen LogP contribution < -0.4 is 5.32 Å². The molecule has 0 fully saturated rings. The highest BCUT2D eigenvalue weighted by molar-refractivity contribution is 7.19. The minimum absolute atomic E-state index is 0.263. The first-order valence-corrected chi connectivity index (χ1v) is 10.2. The first-order chi connectivity index (χ1) is 12.7. The fraction of sp³-hybridized carbons (Fsp3) is 0.429. The third kappa shape index (κ3) is 3.89. The Hall–Kier alpha value is -1.98. The monoisotopic (exact) mass is 369 g/mol. The van der Waals surface area contributed by atoms with Crippen molar-refractivity contribution in [2.45, 2.75) is 46.5 Å². The molecule has 138 valence electrons. The summed E-state index contributed by atoms with van der Waals surface area (Å²) in [6, 6.07) is 6.68. The average Bonchev–Trinajstić information content (AvgIpc) is 3.03. The van der Waals surface area contributed by atoms with E-state index in [9.17, 15) is 0 Å². The number of anilines is 1. The first kappa shape index (κ1) is 18.8. The molecule has 0 saturated heterocycles. The number of hydrogen-bond donors (Lipinski definition) is 2. The lowest BCUT2D eigenvalue weighted by Gasteiger charge is -2.10. The third-order valence-electron chi connectivity index (χ3n) is 4.81. The van der Waals surface area contributed by atoms with Crippen LogP contribution in [0, 0.1) is 13.8 Å². The minimum Gasteiger partial charge on any atom is -0.396 e. The van der Waals surface area contributed by atoms with E-state index in [1.165, 1.54) is 27.1 Å². The summed E-state index contributed by atoms with van der Waals surface area (Å²) in [4.78, 5) is 11.5. The molecule has 5 heteroatoms. The summed E-state index contributed by atoms with van der Waals surface area (Å²) in [6.45, 7) is 7.63. The van der Waals surface area contributed by atoms with Crippen LogP contribution in [0.5, 0.6) is 0 Å². The number of nitrogens with zero attached hydrogens (tertiary/aromatic N) is 2. The van der Waals surface area contributed by atoms with Crippen LogP contribution >= 0.6 is 11.3 Å². The summed E-state index contributed by atoms with van der Waals surface area (Å²) >= 11 is 1.77. The Balaban J connectivity index is 2.01. The number of aromatic nitrogens is 2. The van der Waals surface area contributed by atoms with Gasteiger partial charge in [-0.25, -0.2) is 9.97 Å². The van der Waals surface area contributed by atoms with Crippen molar-refractivity contribution in [1.29, 1.82) is 0 Å². The van der Waals surface area contributed by atoms with Gasteiger partial charge in [-0.3, -0.25) is 0 Å². The highest BCUT2D eigenvalue weighted by Gasteiger charge is 2.18. The number of rotatable bonds is 8. The number of aliphatic hydroxyl groups is 1. The smallest absolute Gasteiger partial charge is 0.138 e. The second-order valence-electron chi connectivity index (χ2n) is 6.67. The molecule has 3 aromatic rings. The standard InChI is InChI=1S/C21H27N3OS/c1-4-17-18(16-9-8-14(2)15(3)12-16)19-20(22-10-6-5-7-11-25)23-13-24-21(19)26-17/h8-9,12-13,25H,4-7,10-11H2,1-3H3,(H,22,23,24). The zero-order valence-corrected chi connectivity index (χ0v) is 16.6. The summed E-state index contributed by atoms with van der Waals surface area (Å²) in [5, 5.41) is 13.6. The lowest BCUT2D eigenvalue weighted by atomic mass is 9.98. The molecule has 1 aromatic carbocycles. The van der Waals surface area contributed by atoms with Gasteiger partial charge in [0.2, 0.25) is 0 Å². The van der Waals surface area contributed by atoms with Gasteiger partial charge in [0.15, 0.2) is 0 Å². The van der Waals surface area contributed by atoms with Gasteiger partial charge in [0, 0.05) is 23.6 Å². The molecule has 2 aromatic heterocycles. The molecule has 0 spiro atoms. The SMILES string of the molecule is CCc1sc2ncnc(NCCCCCO)c2c1-c1ccc(C)c(C)c1. The van der Waals surface area contributed by atoms with Crippen molar-refractivity contribution < 1.29 is 5.11 Å². The quantitative estimate of drug-likeness (QED) is 0.542. The number of benzene rings is 1. The molecule has 4 nitrogen and oxygen atoms in total. The average molecular weight is 370 g/mol. The molecule has 2 N–H and O–H groups in total. The minimum atomic E-state index is 0.263. The van der Waals surface area contributed by atoms with E-state index in [2.05, 4.69) is 54.3 Å². The fourth-order valence-corrected chi connectivity index (χ4v) is 4.29. The van der Waals surface area contributed by atoms with Crippen molar-refractivity contribution in [2.24, 2.45) is 0 Å². The summed E-state index contributed by atoms with van der Waals surface area (Å²) in [5.74, 6) is 0.920. The summed E-state index contributed by atoms with van der Waals surface area (Å²) in [6.07, 6.45) is 5.53. The Morgan fingerprint density at radius 2 is 1.92 bits per heavy atom. The largest absolute Gasteiger partial charge is 0.396 e. The van der Waals surface area contributed by atoms with E-state index in [0.717, 1.165) is 48.3 Å². The van der Waals surface area contributed by atoms with Gasteiger partial charge in [-0.05, 0) is 56.2 Å². The van der Waals surface area contributed by atoms with Crippen LogP contribution in [0.1, 0.15) is 42.2 Å². The molecule has 0 aliphatic carbocycles. The van der Waals surface area contributed by atoms with E-state index < -0.39 is 0 Å². The summed E-state index contributed by atoms with van der Waals surface area (Å²) in [7, 11) is 0. The van der Waals surface area contributed by atoms with Crippen molar-refractivity contribution >= 4 is 27.4 Å². The van der Waals surface area contributed by atoms with E-state index in [1.54, 1.807) is 17.7 Å². The number of unbranched alkanes of at least 4 members (excludes halogenated alkanes) is 2. The van der Waals surface area contributed by atoms with Crippen molar-refractivity contribution in [2.75, 3.05) is 18.5 Å². The molecular formula is C21H27N3OS. The lowest BCUT2D eigenvalue weighted by Crippen LogP contribution is -2.04. The van der Waals surface area contributed by atoms with Gasteiger partial charge in [-0.15, -0.1) is 11.3 Å². The van der Waals surface area contributed by atoms with E-state index in [4.69, 9.17) is 5.11 Å². The molecule has 26 heavy (non-hydrogen) atoms. The number of hydrogen-bond acceptors (Lipinski definition) is 5. The van der Waals surface area contributed by atoms with Gasteiger partial charge in [-0.2, -0.15) is 0 Å². The number of thiophene rings is 1. The van der Waals surface area contributed by atoms with Gasteiger partial charge < -0.3 is 10.4 Å². The van der Waals surface area contributed by atoms with Crippen LogP contribution in [0.4, 0.5) is 5.82 Å². The van der Waals surface area contributed by atoms with Gasteiger partial charge in [0.05, 0.1) is 5.39 Å². The zero-order chi connectivity index (χ0) is 18.5. The van der Waals surface area contributed by atoms with Gasteiger partial charge in [0.25, 0.3) is 0 Å². The summed E-state index contributed by atoms with van der Waals surface area (Å²) in [5.41, 5.74) is 5.13. The van der Waals surface area contributed by atoms with Crippen LogP contribution in [-0.2, 0) is 6.42 Å². The van der Waals surface area contributed by atoms with Crippen molar-refractivity contribution in [3.05, 3.63) is 40.5 Å². The van der Waals surface area contributed by atoms with E-state index in [-0.39, 0.29) is 6.61 Å². The van der Waals surface area contributed by atoms with Crippen LogP contribution in [0.15, 0.2) is 24.5 Å². The molecule has 0 unspecified atom stereocenters. The third-order valence-corrected chi connectivity index (χ3v) is 6.05. The van der Waals surface area contributed by atoms with Gasteiger partial charge in [0.1, 0.15) is 17.0 Å². The topological polar surface area (TPSA) is 58.0 Å². The number of nitrogens with one attached hydrogen (secondary N) is 1. The second-order valence-corrected chi connectivity index (χ2v) is 7.75. The zero-order valence-electron chi connectivity index (χ0n) is 15.8. The van der Waals surface area contributed by atoms with Gasteiger partial charge in [-0.1, -0.05) is 25.1 Å². The summed E-state index contributed by atoms with van der Waals surface area (Å²) < 4.78 is 0. The van der Waals surface area contributed by atoms with Crippen LogP contribution in [0.25, 0.3) is 21.3 Å². The Morgan fingerprint density at radius 1 is 1.08 bits per heavy atom. The lowest BCUT2D eigenvalue weighted by molar-refractivity contribution is 0.283. The molecule has 0 aliphatic heterocycles. The van der Waals surface area contributed by atoms with Crippen molar-refractivity contribution in [1.82, 2.24) is 9.97 Å². The van der Waals surface area contributed by atoms with Crippen LogP contribution in [-0.4, -0.2) is 28.2 Å². The second kappa shape index (κ2) is 8.60. The fourth-order valence-electron chi connectivity index (χ4n) is 3.18. The first-order valence-electron chi connectivity index (χ1n) is 9.34. The van der Waals surface area contributed by atoms with E-state index in [0.29, 0.717) is 0 Å². The Labute approximate surface area is 159 Å². The molecule has 0 amide bonds. The molecular weight excluding hydrogens is 342 g/mol. The Kier molecular flexibility index (Phi) is 6.22. The van der Waals surface area contributed by atoms with E-state index in [1.807, 2.05) is 0 Å². The maximum absolute atomic E-state index is 8.92. The highest BCUT2D eigenvalue weighted by atomic mass is 32.1. The Morgan fingerprint density at radius 3 is 2.65 bits per heavy atom. The predicted molar refractivity (Wildman–Crippen MR) is 111 cm³/mol. The molecule has 0 atom stereocenters. The number of aliphatic hydroxyl groups excluding tert-OH is 1. The maximum Gasteiger partial charge on any atom is 0.138 e. The van der Waals surface area contributed by atoms with Gasteiger partial charge >= 0.3 is 0 Å². The van der Waals surface area contributed by atoms with Crippen molar-refractivity contribution in [3.8, 4) is 11.1 Å². The Bertz CT molecular complexity index is 888. The number of aryl methyl sites for hydroxylation is 3. The molecule has 3 rings (SSSR count). The van der Waals surface area contributed by atoms with Crippen LogP contribution in [0.3, 0.4) is 0 Å². The predicted octanol–water partition coefficient (Wildman–Crippen LogP) is 5.11. The highest BCUT2D eigenvalue weighted by Crippen LogP contribution is 2.41. The normalized spacial score (nSPS) is 11.2. The molecule has 2 heterocycles.